The Bertz CT molecular complexity index is 1140. The lowest BCUT2D eigenvalue weighted by molar-refractivity contribution is -0.116. The van der Waals surface area contributed by atoms with Gasteiger partial charge in [-0.2, -0.15) is 0 Å². The zero-order valence-electron chi connectivity index (χ0n) is 18.8. The van der Waals surface area contributed by atoms with Crippen LogP contribution < -0.4 is 10.6 Å². The Labute approximate surface area is 188 Å². The molecule has 0 fully saturated rings. The number of anilines is 2. The van der Waals surface area contributed by atoms with Crippen molar-refractivity contribution in [3.63, 3.8) is 0 Å². The third-order valence-electron chi connectivity index (χ3n) is 5.39. The third-order valence-corrected chi connectivity index (χ3v) is 6.42. The van der Waals surface area contributed by atoms with Gasteiger partial charge >= 0.3 is 0 Å². The highest BCUT2D eigenvalue weighted by atomic mass is 32.2. The molecule has 0 aliphatic heterocycles. The number of carbonyl (C=O) groups excluding carboxylic acids is 2. The molecule has 0 bridgehead atoms. The predicted molar refractivity (Wildman–Crippen MR) is 130 cm³/mol. The van der Waals surface area contributed by atoms with E-state index in [0.717, 1.165) is 33.5 Å². The maximum Gasteiger partial charge on any atom is 0.234 e. The molecule has 0 saturated heterocycles. The lowest BCUT2D eigenvalue weighted by Gasteiger charge is -2.13. The van der Waals surface area contributed by atoms with Crippen molar-refractivity contribution < 1.29 is 9.59 Å². The van der Waals surface area contributed by atoms with Crippen LogP contribution in [-0.2, 0) is 16.0 Å². The van der Waals surface area contributed by atoms with Gasteiger partial charge in [0, 0.05) is 23.2 Å². The van der Waals surface area contributed by atoms with E-state index >= 15 is 0 Å². The molecule has 0 spiro atoms. The van der Waals surface area contributed by atoms with Crippen LogP contribution in [0.1, 0.15) is 42.5 Å². The fourth-order valence-corrected chi connectivity index (χ4v) is 4.18. The average molecular weight is 436 g/mol. The quantitative estimate of drug-likeness (QED) is 0.460. The number of aromatic nitrogens is 1. The van der Waals surface area contributed by atoms with Crippen LogP contribution in [0.5, 0.6) is 0 Å². The maximum atomic E-state index is 12.6. The number of rotatable bonds is 7. The topological polar surface area (TPSA) is 71.1 Å². The normalized spacial score (nSPS) is 10.9. The van der Waals surface area contributed by atoms with E-state index in [1.807, 2.05) is 26.0 Å². The Morgan fingerprint density at radius 3 is 2.39 bits per heavy atom. The van der Waals surface area contributed by atoms with Crippen molar-refractivity contribution in [2.24, 2.45) is 0 Å². The van der Waals surface area contributed by atoms with Crippen molar-refractivity contribution in [3.05, 3.63) is 58.7 Å². The van der Waals surface area contributed by atoms with E-state index in [2.05, 4.69) is 49.6 Å². The summed E-state index contributed by atoms with van der Waals surface area (Å²) in [6, 6.07) is 11.9. The van der Waals surface area contributed by atoms with E-state index in [1.165, 1.54) is 22.9 Å². The summed E-state index contributed by atoms with van der Waals surface area (Å²) in [6.07, 6.45) is 1.27. The highest BCUT2D eigenvalue weighted by Crippen LogP contribution is 2.28. The second kappa shape index (κ2) is 9.96. The van der Waals surface area contributed by atoms with E-state index in [9.17, 15) is 9.59 Å². The van der Waals surface area contributed by atoms with Gasteiger partial charge in [-0.1, -0.05) is 43.8 Å². The lowest BCUT2D eigenvalue weighted by Crippen LogP contribution is -2.15. The van der Waals surface area contributed by atoms with Gasteiger partial charge in [0.15, 0.2) is 0 Å². The molecule has 0 saturated carbocycles. The van der Waals surface area contributed by atoms with Crippen molar-refractivity contribution in [1.29, 1.82) is 0 Å². The third kappa shape index (κ3) is 5.44. The average Bonchev–Trinajstić information content (AvgIpc) is 2.76. The van der Waals surface area contributed by atoms with Gasteiger partial charge in [-0.05, 0) is 67.6 Å². The molecule has 0 atom stereocenters. The minimum Gasteiger partial charge on any atom is -0.326 e. The van der Waals surface area contributed by atoms with Crippen LogP contribution in [-0.4, -0.2) is 22.6 Å². The molecule has 5 nitrogen and oxygen atoms in total. The number of nitrogens with one attached hydrogen (secondary N) is 2. The number of hydrogen-bond acceptors (Lipinski definition) is 4. The number of pyridine rings is 1. The maximum absolute atomic E-state index is 12.6. The second-order valence-corrected chi connectivity index (χ2v) is 8.62. The number of carbonyl (C=O) groups is 2. The number of benzene rings is 2. The Morgan fingerprint density at radius 2 is 1.68 bits per heavy atom. The molecule has 2 amide bonds. The van der Waals surface area contributed by atoms with Crippen LogP contribution in [0, 0.1) is 20.8 Å². The Kier molecular flexibility index (Phi) is 7.33. The van der Waals surface area contributed by atoms with Gasteiger partial charge in [-0.15, -0.1) is 0 Å². The number of thioether (sulfide) groups is 1. The van der Waals surface area contributed by atoms with Gasteiger partial charge in [0.2, 0.25) is 11.8 Å². The van der Waals surface area contributed by atoms with Crippen LogP contribution in [0.3, 0.4) is 0 Å². The van der Waals surface area contributed by atoms with Crippen molar-refractivity contribution in [3.8, 4) is 0 Å². The second-order valence-electron chi connectivity index (χ2n) is 7.65. The van der Waals surface area contributed by atoms with Crippen LogP contribution in [0.4, 0.5) is 11.4 Å². The highest BCUT2D eigenvalue weighted by Gasteiger charge is 2.12. The molecule has 31 heavy (non-hydrogen) atoms. The minimum atomic E-state index is -0.105. The van der Waals surface area contributed by atoms with Crippen LogP contribution in [0.2, 0.25) is 0 Å². The van der Waals surface area contributed by atoms with Gasteiger partial charge in [-0.25, -0.2) is 4.98 Å². The molecule has 162 valence electrons. The standard InChI is InChI=1S/C25H29N3O2S/c1-6-18-12-19-10-8-15(3)17(5)24(19)28-25(18)31-14-23(30)26-20-11-9-16(4)21(13-20)27-22(29)7-2/h8-13H,6-7,14H2,1-5H3,(H,26,30)(H,27,29). The number of fused-ring (bicyclic) bond motifs is 1. The Balaban J connectivity index is 1.73. The number of amides is 2. The Morgan fingerprint density at radius 1 is 0.935 bits per heavy atom. The zero-order chi connectivity index (χ0) is 22.5. The zero-order valence-corrected chi connectivity index (χ0v) is 19.6. The summed E-state index contributed by atoms with van der Waals surface area (Å²) in [6.45, 7) is 10.0. The summed E-state index contributed by atoms with van der Waals surface area (Å²) in [7, 11) is 0. The summed E-state index contributed by atoms with van der Waals surface area (Å²) in [5.74, 6) is 0.106. The smallest absolute Gasteiger partial charge is 0.234 e. The van der Waals surface area contributed by atoms with Crippen molar-refractivity contribution in [2.75, 3.05) is 16.4 Å². The van der Waals surface area contributed by atoms with E-state index < -0.39 is 0 Å². The molecular weight excluding hydrogens is 406 g/mol. The molecule has 1 heterocycles. The monoisotopic (exact) mass is 435 g/mol. The van der Waals surface area contributed by atoms with Gasteiger partial charge in [0.1, 0.15) is 5.03 Å². The SMILES string of the molecule is CCC(=O)Nc1cc(NC(=O)CSc2nc3c(C)c(C)ccc3cc2CC)ccc1C. The van der Waals surface area contributed by atoms with Crippen molar-refractivity contribution in [2.45, 2.75) is 52.5 Å². The summed E-state index contributed by atoms with van der Waals surface area (Å²) in [5.41, 5.74) is 6.86. The van der Waals surface area contributed by atoms with Crippen LogP contribution >= 0.6 is 11.8 Å². The lowest BCUT2D eigenvalue weighted by atomic mass is 10.0. The first-order chi connectivity index (χ1) is 14.8. The molecule has 0 radical (unpaired) electrons. The molecule has 2 aromatic carbocycles. The number of nitrogens with zero attached hydrogens (tertiary/aromatic N) is 1. The van der Waals surface area contributed by atoms with Crippen molar-refractivity contribution >= 4 is 45.9 Å². The molecule has 2 N–H and O–H groups in total. The molecule has 6 heteroatoms. The highest BCUT2D eigenvalue weighted by molar-refractivity contribution is 8.00. The first-order valence-electron chi connectivity index (χ1n) is 10.5. The van der Waals surface area contributed by atoms with Crippen LogP contribution in [0.25, 0.3) is 10.9 Å². The fourth-order valence-electron chi connectivity index (χ4n) is 3.29. The van der Waals surface area contributed by atoms with Crippen LogP contribution in [0.15, 0.2) is 41.4 Å². The first-order valence-corrected chi connectivity index (χ1v) is 11.5. The van der Waals surface area contributed by atoms with E-state index in [1.54, 1.807) is 6.07 Å². The first kappa shape index (κ1) is 22.8. The van der Waals surface area contributed by atoms with E-state index in [-0.39, 0.29) is 17.6 Å². The molecule has 3 rings (SSSR count). The van der Waals surface area contributed by atoms with E-state index in [0.29, 0.717) is 17.8 Å². The molecular formula is C25H29N3O2S. The molecule has 0 unspecified atom stereocenters. The van der Waals surface area contributed by atoms with Gasteiger partial charge in [-0.3, -0.25) is 9.59 Å². The molecule has 0 aliphatic carbocycles. The summed E-state index contributed by atoms with van der Waals surface area (Å²) >= 11 is 1.46. The van der Waals surface area contributed by atoms with Gasteiger partial charge < -0.3 is 10.6 Å². The minimum absolute atomic E-state index is 0.0536. The molecule has 1 aromatic heterocycles. The molecule has 0 aliphatic rings. The fraction of sp³-hybridized carbons (Fsp3) is 0.320. The largest absolute Gasteiger partial charge is 0.326 e. The summed E-state index contributed by atoms with van der Waals surface area (Å²) in [5, 5.41) is 7.83. The predicted octanol–water partition coefficient (Wildman–Crippen LogP) is 5.80. The Hall–Kier alpha value is -2.86. The van der Waals surface area contributed by atoms with E-state index in [4.69, 9.17) is 4.98 Å². The summed E-state index contributed by atoms with van der Waals surface area (Å²) in [4.78, 5) is 29.2. The summed E-state index contributed by atoms with van der Waals surface area (Å²) < 4.78 is 0. The molecule has 3 aromatic rings. The number of hydrogen-bond donors (Lipinski definition) is 2. The van der Waals surface area contributed by atoms with Gasteiger partial charge in [0.25, 0.3) is 0 Å². The van der Waals surface area contributed by atoms with Gasteiger partial charge in [0.05, 0.1) is 11.3 Å². The van der Waals surface area contributed by atoms with Crippen molar-refractivity contribution in [1.82, 2.24) is 4.98 Å². The number of aryl methyl sites for hydroxylation is 4.